The Labute approximate surface area is 187 Å². The number of hydrogen-bond acceptors (Lipinski definition) is 4. The molecule has 0 spiro atoms. The summed E-state index contributed by atoms with van der Waals surface area (Å²) in [4.78, 5) is 0. The predicted molar refractivity (Wildman–Crippen MR) is 127 cm³/mol. The van der Waals surface area contributed by atoms with Crippen molar-refractivity contribution in [3.8, 4) is 5.75 Å². The monoisotopic (exact) mass is 488 g/mol. The van der Waals surface area contributed by atoms with E-state index in [1.807, 2.05) is 12.1 Å². The normalized spacial score (nSPS) is 13.5. The quantitative estimate of drug-likeness (QED) is 0.212. The molecule has 0 aliphatic rings. The van der Waals surface area contributed by atoms with E-state index in [9.17, 15) is 0 Å². The highest BCUT2D eigenvalue weighted by Crippen LogP contribution is 2.42. The van der Waals surface area contributed by atoms with Crippen LogP contribution in [0.3, 0.4) is 0 Å². The summed E-state index contributed by atoms with van der Waals surface area (Å²) in [6, 6.07) is 6.12. The SMILES string of the molecule is COCC(C)COCc1ccc(Br)c(OCCO[Si](C(C)C)(C(C)C)C(C)C)c1. The lowest BCUT2D eigenvalue weighted by Gasteiger charge is -2.42. The smallest absolute Gasteiger partial charge is 0.200 e. The van der Waals surface area contributed by atoms with Crippen LogP contribution in [0.15, 0.2) is 22.7 Å². The average molecular weight is 490 g/mol. The number of benzene rings is 1. The van der Waals surface area contributed by atoms with E-state index in [1.165, 1.54) is 0 Å². The summed E-state index contributed by atoms with van der Waals surface area (Å²) >= 11 is 3.59. The van der Waals surface area contributed by atoms with Crippen LogP contribution in [-0.2, 0) is 20.5 Å². The molecule has 29 heavy (non-hydrogen) atoms. The van der Waals surface area contributed by atoms with E-state index in [-0.39, 0.29) is 0 Å². The minimum atomic E-state index is -1.85. The second-order valence-electron chi connectivity index (χ2n) is 8.85. The van der Waals surface area contributed by atoms with Crippen LogP contribution in [-0.4, -0.2) is 41.9 Å². The molecule has 1 aromatic carbocycles. The fourth-order valence-corrected chi connectivity index (χ4v) is 10.1. The van der Waals surface area contributed by atoms with Crippen molar-refractivity contribution in [1.29, 1.82) is 0 Å². The second-order valence-corrected chi connectivity index (χ2v) is 15.2. The Kier molecular flexibility index (Phi) is 12.0. The summed E-state index contributed by atoms with van der Waals surface area (Å²) < 4.78 is 24.5. The van der Waals surface area contributed by atoms with Gasteiger partial charge in [-0.05, 0) is 50.2 Å². The van der Waals surface area contributed by atoms with Crippen LogP contribution < -0.4 is 4.74 Å². The van der Waals surface area contributed by atoms with Gasteiger partial charge in [0, 0.05) is 13.0 Å². The fraction of sp³-hybridized carbons (Fsp3) is 0.739. The van der Waals surface area contributed by atoms with Crippen LogP contribution in [0, 0.1) is 5.92 Å². The van der Waals surface area contributed by atoms with Gasteiger partial charge in [-0.25, -0.2) is 0 Å². The zero-order chi connectivity index (χ0) is 22.0. The number of methoxy groups -OCH3 is 1. The molecule has 0 heterocycles. The Hall–Kier alpha value is -0.403. The van der Waals surface area contributed by atoms with Crippen LogP contribution in [0.25, 0.3) is 0 Å². The first kappa shape index (κ1) is 26.6. The van der Waals surface area contributed by atoms with E-state index in [0.29, 0.717) is 55.6 Å². The molecule has 0 aliphatic heterocycles. The Balaban J connectivity index is 2.61. The lowest BCUT2D eigenvalue weighted by Crippen LogP contribution is -2.48. The van der Waals surface area contributed by atoms with Gasteiger partial charge in [-0.15, -0.1) is 0 Å². The van der Waals surface area contributed by atoms with Crippen molar-refractivity contribution in [2.75, 3.05) is 33.5 Å². The van der Waals surface area contributed by atoms with Crippen molar-refractivity contribution in [3.05, 3.63) is 28.2 Å². The first-order valence-corrected chi connectivity index (χ1v) is 13.7. The molecular formula is C23H41BrO4Si. The van der Waals surface area contributed by atoms with Crippen molar-refractivity contribution < 1.29 is 18.6 Å². The van der Waals surface area contributed by atoms with Gasteiger partial charge >= 0.3 is 0 Å². The molecule has 1 atom stereocenters. The standard InChI is InChI=1S/C23H41BrO4Si/c1-17(2)29(18(3)4,19(5)6)28-12-11-27-23-13-21(9-10-22(23)24)16-26-15-20(7)14-25-8/h9-10,13,17-20H,11-12,14-16H2,1-8H3. The summed E-state index contributed by atoms with van der Waals surface area (Å²) in [5, 5.41) is 0. The van der Waals surface area contributed by atoms with Crippen molar-refractivity contribution in [3.63, 3.8) is 0 Å². The molecule has 1 aromatic rings. The topological polar surface area (TPSA) is 36.9 Å². The van der Waals surface area contributed by atoms with Gasteiger partial charge in [0.05, 0.1) is 30.9 Å². The van der Waals surface area contributed by atoms with Crippen LogP contribution in [0.5, 0.6) is 5.75 Å². The maximum absolute atomic E-state index is 6.58. The minimum absolute atomic E-state index is 0.385. The van der Waals surface area contributed by atoms with E-state index in [2.05, 4.69) is 70.5 Å². The highest BCUT2D eigenvalue weighted by molar-refractivity contribution is 9.10. The van der Waals surface area contributed by atoms with Gasteiger partial charge in [-0.2, -0.15) is 0 Å². The second kappa shape index (κ2) is 13.1. The molecule has 1 rings (SSSR count). The fourth-order valence-electron chi connectivity index (χ4n) is 4.33. The number of halogens is 1. The molecular weight excluding hydrogens is 448 g/mol. The van der Waals surface area contributed by atoms with E-state index >= 15 is 0 Å². The number of ether oxygens (including phenoxy) is 3. The molecule has 0 amide bonds. The minimum Gasteiger partial charge on any atom is -0.490 e. The third-order valence-corrected chi connectivity index (χ3v) is 12.3. The van der Waals surface area contributed by atoms with Crippen LogP contribution >= 0.6 is 15.9 Å². The van der Waals surface area contributed by atoms with Gasteiger partial charge in [0.25, 0.3) is 0 Å². The van der Waals surface area contributed by atoms with Gasteiger partial charge < -0.3 is 18.6 Å². The Morgan fingerprint density at radius 3 is 2.07 bits per heavy atom. The van der Waals surface area contributed by atoms with Gasteiger partial charge in [0.1, 0.15) is 12.4 Å². The van der Waals surface area contributed by atoms with Gasteiger partial charge in [-0.3, -0.25) is 0 Å². The Morgan fingerprint density at radius 2 is 1.52 bits per heavy atom. The first-order chi connectivity index (χ1) is 13.6. The maximum atomic E-state index is 6.58. The lowest BCUT2D eigenvalue weighted by atomic mass is 10.2. The largest absolute Gasteiger partial charge is 0.490 e. The third kappa shape index (κ3) is 7.98. The summed E-state index contributed by atoms with van der Waals surface area (Å²) in [5.41, 5.74) is 2.84. The molecule has 4 nitrogen and oxygen atoms in total. The van der Waals surface area contributed by atoms with Crippen LogP contribution in [0.2, 0.25) is 16.6 Å². The predicted octanol–water partition coefficient (Wildman–Crippen LogP) is 6.82. The highest BCUT2D eigenvalue weighted by atomic mass is 79.9. The molecule has 0 aromatic heterocycles. The Morgan fingerprint density at radius 1 is 0.897 bits per heavy atom. The summed E-state index contributed by atoms with van der Waals surface area (Å²) in [5.74, 6) is 1.22. The van der Waals surface area contributed by atoms with E-state index < -0.39 is 8.32 Å². The van der Waals surface area contributed by atoms with E-state index in [1.54, 1.807) is 7.11 Å². The van der Waals surface area contributed by atoms with E-state index in [0.717, 1.165) is 15.8 Å². The number of rotatable bonds is 14. The van der Waals surface area contributed by atoms with Crippen molar-refractivity contribution >= 4 is 24.2 Å². The summed E-state index contributed by atoms with van der Waals surface area (Å²) in [6.07, 6.45) is 0. The molecule has 1 unspecified atom stereocenters. The molecule has 0 bridgehead atoms. The Bertz CT molecular complexity index is 570. The average Bonchev–Trinajstić information content (AvgIpc) is 2.63. The van der Waals surface area contributed by atoms with Crippen LogP contribution in [0.1, 0.15) is 54.0 Å². The molecule has 0 N–H and O–H groups in total. The van der Waals surface area contributed by atoms with Gasteiger partial charge in [-0.1, -0.05) is 54.5 Å². The molecule has 0 fully saturated rings. The maximum Gasteiger partial charge on any atom is 0.200 e. The molecule has 168 valence electrons. The van der Waals surface area contributed by atoms with Crippen molar-refractivity contribution in [2.24, 2.45) is 5.92 Å². The molecule has 0 radical (unpaired) electrons. The van der Waals surface area contributed by atoms with Gasteiger partial charge in [0.2, 0.25) is 0 Å². The van der Waals surface area contributed by atoms with E-state index in [4.69, 9.17) is 18.6 Å². The number of hydrogen-bond donors (Lipinski definition) is 0. The zero-order valence-corrected chi connectivity index (χ0v) is 22.2. The lowest BCUT2D eigenvalue weighted by molar-refractivity contribution is 0.0560. The van der Waals surface area contributed by atoms with Crippen LogP contribution in [0.4, 0.5) is 0 Å². The highest BCUT2D eigenvalue weighted by Gasteiger charge is 2.44. The van der Waals surface area contributed by atoms with Crippen molar-refractivity contribution in [2.45, 2.75) is 71.7 Å². The molecule has 0 saturated carbocycles. The first-order valence-electron chi connectivity index (χ1n) is 10.8. The summed E-state index contributed by atoms with van der Waals surface area (Å²) in [6.45, 7) is 19.1. The molecule has 0 aliphatic carbocycles. The van der Waals surface area contributed by atoms with Crippen molar-refractivity contribution in [1.82, 2.24) is 0 Å². The summed E-state index contributed by atoms with van der Waals surface area (Å²) in [7, 11) is -0.131. The molecule has 0 saturated heterocycles. The zero-order valence-electron chi connectivity index (χ0n) is 19.6. The third-order valence-electron chi connectivity index (χ3n) is 5.52. The van der Waals surface area contributed by atoms with Gasteiger partial charge in [0.15, 0.2) is 8.32 Å². The molecule has 6 heteroatoms.